The van der Waals surface area contributed by atoms with Crippen LogP contribution >= 0.6 is 0 Å². The number of imidazole rings is 1. The fraction of sp³-hybridized carbons (Fsp3) is 0.179. The highest BCUT2D eigenvalue weighted by Gasteiger charge is 2.44. The van der Waals surface area contributed by atoms with Gasteiger partial charge in [0.05, 0.1) is 17.6 Å². The van der Waals surface area contributed by atoms with E-state index in [2.05, 4.69) is 16.2 Å². The second kappa shape index (κ2) is 9.94. The van der Waals surface area contributed by atoms with Crippen molar-refractivity contribution in [2.45, 2.75) is 18.5 Å². The molecule has 0 spiro atoms. The molecule has 1 aliphatic heterocycles. The van der Waals surface area contributed by atoms with Gasteiger partial charge in [0, 0.05) is 12.0 Å². The van der Waals surface area contributed by atoms with Gasteiger partial charge >= 0.3 is 6.03 Å². The van der Waals surface area contributed by atoms with Crippen LogP contribution in [0.5, 0.6) is 5.75 Å². The second-order valence-electron chi connectivity index (χ2n) is 8.44. The molecule has 4 aromatic rings. The van der Waals surface area contributed by atoms with Crippen molar-refractivity contribution >= 4 is 23.0 Å². The lowest BCUT2D eigenvalue weighted by Gasteiger charge is -2.24. The molecule has 1 fully saturated rings. The van der Waals surface area contributed by atoms with Gasteiger partial charge in [0.2, 0.25) is 0 Å². The smallest absolute Gasteiger partial charge is 0.325 e. The molecule has 3 N–H and O–H groups in total. The SMILES string of the molecule is C#Cc1ccc2nc(C(Cc3ccccc3)N3C(=O)N[C@H](c4ccc(OCCO)cc4)C3=O)[nH]c2c1. The van der Waals surface area contributed by atoms with Crippen LogP contribution in [-0.2, 0) is 11.2 Å². The minimum atomic E-state index is -0.833. The standard InChI is InChI=1S/C28H24N4O4/c1-2-18-8-13-22-23(16-18)30-26(29-22)24(17-19-6-4-3-5-7-19)32-27(34)25(31-28(32)35)20-9-11-21(12-10-20)36-15-14-33/h1,3-13,16,24-25,33H,14-15,17H2,(H,29,30)(H,31,35)/t24?,25-/m1/s1. The van der Waals surface area contributed by atoms with Crippen LogP contribution in [0.1, 0.15) is 34.6 Å². The highest BCUT2D eigenvalue weighted by atomic mass is 16.5. The number of imide groups is 1. The molecule has 1 saturated heterocycles. The number of benzene rings is 3. The summed E-state index contributed by atoms with van der Waals surface area (Å²) < 4.78 is 5.39. The Kier molecular flexibility index (Phi) is 6.39. The van der Waals surface area contributed by atoms with Gasteiger partial charge in [-0.25, -0.2) is 9.78 Å². The number of terminal acetylenes is 1. The Hall–Kier alpha value is -4.61. The fourth-order valence-electron chi connectivity index (χ4n) is 4.36. The van der Waals surface area contributed by atoms with Gasteiger partial charge in [-0.05, 0) is 41.5 Å². The maximum atomic E-state index is 13.6. The maximum absolute atomic E-state index is 13.6. The molecule has 180 valence electrons. The number of fused-ring (bicyclic) bond motifs is 1. The quantitative estimate of drug-likeness (QED) is 0.264. The highest BCUT2D eigenvalue weighted by Crippen LogP contribution is 2.33. The number of hydrogen-bond donors (Lipinski definition) is 3. The molecule has 8 nitrogen and oxygen atoms in total. The Balaban J connectivity index is 1.48. The molecule has 2 heterocycles. The van der Waals surface area contributed by atoms with Gasteiger partial charge < -0.3 is 20.1 Å². The van der Waals surface area contributed by atoms with Gasteiger partial charge in [-0.1, -0.05) is 48.4 Å². The number of rotatable bonds is 8. The van der Waals surface area contributed by atoms with Crippen LogP contribution in [0, 0.1) is 12.3 Å². The third kappa shape index (κ3) is 4.52. The Morgan fingerprint density at radius 1 is 1.08 bits per heavy atom. The largest absolute Gasteiger partial charge is 0.491 e. The van der Waals surface area contributed by atoms with Crippen molar-refractivity contribution in [3.05, 3.63) is 95.3 Å². The van der Waals surface area contributed by atoms with Crippen molar-refractivity contribution in [2.24, 2.45) is 0 Å². The first-order valence-electron chi connectivity index (χ1n) is 11.5. The van der Waals surface area contributed by atoms with Crippen LogP contribution < -0.4 is 10.1 Å². The molecule has 0 saturated carbocycles. The fourth-order valence-corrected chi connectivity index (χ4v) is 4.36. The number of aliphatic hydroxyl groups excluding tert-OH is 1. The summed E-state index contributed by atoms with van der Waals surface area (Å²) in [6.45, 7) is 0.0796. The van der Waals surface area contributed by atoms with E-state index in [1.54, 1.807) is 30.3 Å². The van der Waals surface area contributed by atoms with Crippen molar-refractivity contribution < 1.29 is 19.4 Å². The summed E-state index contributed by atoms with van der Waals surface area (Å²) >= 11 is 0. The molecule has 2 atom stereocenters. The molecule has 0 bridgehead atoms. The topological polar surface area (TPSA) is 108 Å². The van der Waals surface area contributed by atoms with E-state index in [0.717, 1.165) is 11.1 Å². The zero-order valence-corrected chi connectivity index (χ0v) is 19.3. The lowest BCUT2D eigenvalue weighted by molar-refractivity contribution is -0.129. The van der Waals surface area contributed by atoms with Crippen molar-refractivity contribution in [3.63, 3.8) is 0 Å². The first-order valence-corrected chi connectivity index (χ1v) is 11.5. The number of ether oxygens (including phenoxy) is 1. The maximum Gasteiger partial charge on any atom is 0.325 e. The minimum absolute atomic E-state index is 0.0947. The van der Waals surface area contributed by atoms with E-state index >= 15 is 0 Å². The average molecular weight is 481 g/mol. The van der Waals surface area contributed by atoms with Crippen LogP contribution in [0.2, 0.25) is 0 Å². The molecular weight excluding hydrogens is 456 g/mol. The van der Waals surface area contributed by atoms with Gasteiger partial charge in [-0.15, -0.1) is 6.42 Å². The van der Waals surface area contributed by atoms with Crippen molar-refractivity contribution in [1.29, 1.82) is 0 Å². The molecule has 36 heavy (non-hydrogen) atoms. The normalized spacial score (nSPS) is 16.1. The number of aromatic nitrogens is 2. The zero-order valence-electron chi connectivity index (χ0n) is 19.3. The number of carbonyl (C=O) groups is 2. The highest BCUT2D eigenvalue weighted by molar-refractivity contribution is 6.05. The zero-order chi connectivity index (χ0) is 25.1. The molecule has 1 unspecified atom stereocenters. The molecule has 1 aliphatic rings. The lowest BCUT2D eigenvalue weighted by atomic mass is 10.0. The van der Waals surface area contributed by atoms with Gasteiger partial charge in [-0.3, -0.25) is 9.69 Å². The number of amides is 3. The van der Waals surface area contributed by atoms with E-state index < -0.39 is 18.1 Å². The Morgan fingerprint density at radius 3 is 2.58 bits per heavy atom. The second-order valence-corrected chi connectivity index (χ2v) is 8.44. The average Bonchev–Trinajstić information content (AvgIpc) is 3.46. The first kappa shape index (κ1) is 23.1. The van der Waals surface area contributed by atoms with Gasteiger partial charge in [-0.2, -0.15) is 0 Å². The molecule has 0 radical (unpaired) electrons. The summed E-state index contributed by atoms with van der Waals surface area (Å²) in [5.74, 6) is 3.31. The summed E-state index contributed by atoms with van der Waals surface area (Å²) in [5.41, 5.74) is 3.74. The number of carbonyl (C=O) groups excluding carboxylic acids is 2. The van der Waals surface area contributed by atoms with Crippen LogP contribution in [0.4, 0.5) is 4.79 Å². The number of nitrogens with one attached hydrogen (secondary N) is 2. The Morgan fingerprint density at radius 2 is 1.86 bits per heavy atom. The number of aliphatic hydroxyl groups is 1. The predicted molar refractivity (Wildman–Crippen MR) is 134 cm³/mol. The number of hydrogen-bond acceptors (Lipinski definition) is 5. The summed E-state index contributed by atoms with van der Waals surface area (Å²) in [5, 5.41) is 11.7. The minimum Gasteiger partial charge on any atom is -0.491 e. The number of urea groups is 1. The Labute approximate surface area is 207 Å². The summed E-state index contributed by atoms with van der Waals surface area (Å²) in [4.78, 5) is 36.0. The van der Waals surface area contributed by atoms with E-state index in [4.69, 9.17) is 21.3 Å². The van der Waals surface area contributed by atoms with E-state index in [1.165, 1.54) is 4.90 Å². The monoisotopic (exact) mass is 480 g/mol. The van der Waals surface area contributed by atoms with Gasteiger partial charge in [0.1, 0.15) is 30.3 Å². The molecule has 3 amide bonds. The van der Waals surface area contributed by atoms with E-state index in [-0.39, 0.29) is 19.1 Å². The lowest BCUT2D eigenvalue weighted by Crippen LogP contribution is -2.36. The molecule has 1 aromatic heterocycles. The van der Waals surface area contributed by atoms with Crippen molar-refractivity contribution in [3.8, 4) is 18.1 Å². The summed E-state index contributed by atoms with van der Waals surface area (Å²) in [7, 11) is 0. The summed E-state index contributed by atoms with van der Waals surface area (Å²) in [6, 6.07) is 20.0. The van der Waals surface area contributed by atoms with Crippen LogP contribution in [0.25, 0.3) is 11.0 Å². The third-order valence-corrected chi connectivity index (χ3v) is 6.11. The molecule has 5 rings (SSSR count). The van der Waals surface area contributed by atoms with Crippen molar-refractivity contribution in [1.82, 2.24) is 20.2 Å². The number of nitrogens with zero attached hydrogens (tertiary/aromatic N) is 2. The van der Waals surface area contributed by atoms with Crippen LogP contribution in [0.15, 0.2) is 72.8 Å². The molecule has 3 aromatic carbocycles. The van der Waals surface area contributed by atoms with E-state index in [1.807, 2.05) is 42.5 Å². The number of H-pyrrole nitrogens is 1. The van der Waals surface area contributed by atoms with Crippen LogP contribution in [0.3, 0.4) is 0 Å². The summed E-state index contributed by atoms with van der Waals surface area (Å²) in [6.07, 6.45) is 5.93. The Bertz CT molecular complexity index is 1440. The van der Waals surface area contributed by atoms with E-state index in [0.29, 0.717) is 34.6 Å². The first-order chi connectivity index (χ1) is 17.6. The predicted octanol–water partition coefficient (Wildman–Crippen LogP) is 3.49. The van der Waals surface area contributed by atoms with Gasteiger partial charge in [0.15, 0.2) is 0 Å². The third-order valence-electron chi connectivity index (χ3n) is 6.11. The number of aromatic amines is 1. The molecular formula is C28H24N4O4. The van der Waals surface area contributed by atoms with Crippen molar-refractivity contribution in [2.75, 3.05) is 13.2 Å². The molecule has 0 aliphatic carbocycles. The van der Waals surface area contributed by atoms with Gasteiger partial charge in [0.25, 0.3) is 5.91 Å². The van der Waals surface area contributed by atoms with Crippen LogP contribution in [-0.4, -0.2) is 45.1 Å². The molecule has 8 heteroatoms. The van der Waals surface area contributed by atoms with E-state index in [9.17, 15) is 9.59 Å².